The summed E-state index contributed by atoms with van der Waals surface area (Å²) in [5.41, 5.74) is 0. The molecule has 4 radical (unpaired) electrons. The maximum absolute atomic E-state index is 2.49. The number of hydrogen-bond acceptors (Lipinski definition) is 0. The van der Waals surface area contributed by atoms with Crippen molar-refractivity contribution < 1.29 is 0 Å². The first-order valence-corrected chi connectivity index (χ1v) is 21.7. The summed E-state index contributed by atoms with van der Waals surface area (Å²) in [6.45, 7) is 4.97. The van der Waals surface area contributed by atoms with E-state index in [4.69, 9.17) is 0 Å². The summed E-state index contributed by atoms with van der Waals surface area (Å²) in [7, 11) is 0. The molecule has 0 unspecified atom stereocenters. The zero-order chi connectivity index (χ0) is 7.00. The van der Waals surface area contributed by atoms with E-state index in [0.717, 1.165) is 0 Å². The monoisotopic (exact) mass is 606 g/mol. The van der Waals surface area contributed by atoms with Crippen molar-refractivity contribution in [2.24, 2.45) is 0 Å². The van der Waals surface area contributed by atoms with Crippen LogP contribution in [0.2, 0.25) is 13.1 Å². The maximum atomic E-state index is 2.49. The van der Waals surface area contributed by atoms with Crippen LogP contribution in [0.5, 0.6) is 0 Å². The van der Waals surface area contributed by atoms with Gasteiger partial charge in [-0.3, -0.25) is 0 Å². The van der Waals surface area contributed by atoms with Gasteiger partial charge in [0.25, 0.3) is 0 Å². The van der Waals surface area contributed by atoms with E-state index < -0.39 is 5.37 Å². The average molecular weight is 597 g/mol. The fraction of sp³-hybridized carbons (Fsp3) is 1.00. The van der Waals surface area contributed by atoms with Gasteiger partial charge in [0.2, 0.25) is 0 Å². The van der Waals surface area contributed by atoms with E-state index in [1.807, 2.05) is 0 Å². The molecule has 0 rings (SSSR count). The number of hydrogen-bond donors (Lipinski definition) is 0. The third-order valence-corrected chi connectivity index (χ3v) is 94.4. The Labute approximate surface area is 102 Å². The first-order chi connectivity index (χ1) is 3.25. The third kappa shape index (κ3) is 4.47. The van der Waals surface area contributed by atoms with Gasteiger partial charge in [0, 0.05) is 0 Å². The van der Waals surface area contributed by atoms with Crippen LogP contribution in [-0.4, -0.2) is 91.4 Å². The zero-order valence-corrected chi connectivity index (χ0v) is 16.0. The molecule has 0 fully saturated rings. The molecule has 46 valence electrons. The second-order valence-electron chi connectivity index (χ2n) is 1.89. The van der Waals surface area contributed by atoms with Crippen LogP contribution >= 0.6 is 0 Å². The van der Waals surface area contributed by atoms with Crippen LogP contribution in [0.4, 0.5) is 0 Å². The molecule has 0 atom stereocenters. The Bertz CT molecular complexity index is 67.0. The standard InChI is InChI=1S/C2H6Si2Te4/c1-3(5,6)4(2,7)8/h1-2H3. The molecule has 0 aliphatic heterocycles. The van der Waals surface area contributed by atoms with E-state index in [-0.39, 0.29) is 0 Å². The summed E-state index contributed by atoms with van der Waals surface area (Å²) in [6, 6.07) is 0. The molecule has 0 saturated carbocycles. The molecule has 8 heavy (non-hydrogen) atoms. The zero-order valence-electron chi connectivity index (χ0n) is 4.63. The molecule has 0 spiro atoms. The van der Waals surface area contributed by atoms with Crippen LogP contribution in [0.25, 0.3) is 0 Å². The topological polar surface area (TPSA) is 0 Å². The first-order valence-electron chi connectivity index (χ1n) is 2.07. The SMILES string of the molecule is C[Si]([Te])([Te])[Si](C)([Te])[Te]. The van der Waals surface area contributed by atoms with Gasteiger partial charge in [-0.25, -0.2) is 0 Å². The van der Waals surface area contributed by atoms with Gasteiger partial charge < -0.3 is 0 Å². The minimum atomic E-state index is -0.691. The Kier molecular flexibility index (Phi) is 5.81. The van der Waals surface area contributed by atoms with Crippen LogP contribution in [-0.2, 0) is 0 Å². The molecule has 0 aromatic carbocycles. The van der Waals surface area contributed by atoms with Crippen molar-refractivity contribution in [3.63, 3.8) is 0 Å². The minimum absolute atomic E-state index is 0.691. The molecule has 0 heterocycles. The van der Waals surface area contributed by atoms with Gasteiger partial charge >= 0.3 is 104 Å². The van der Waals surface area contributed by atoms with E-state index in [1.165, 1.54) is 0 Å². The van der Waals surface area contributed by atoms with Gasteiger partial charge in [0.1, 0.15) is 0 Å². The summed E-state index contributed by atoms with van der Waals surface area (Å²) >= 11 is 9.64. The van der Waals surface area contributed by atoms with Crippen LogP contribution in [0, 0.1) is 0 Å². The van der Waals surface area contributed by atoms with Gasteiger partial charge in [-0.15, -0.1) is 0 Å². The Morgan fingerprint density at radius 3 is 0.875 bits per heavy atom. The fourth-order valence-electron chi connectivity index (χ4n) is 0. The van der Waals surface area contributed by atoms with Crippen molar-refractivity contribution >= 4 is 91.4 Å². The molecule has 0 N–H and O–H groups in total. The van der Waals surface area contributed by atoms with Gasteiger partial charge in [-0.1, -0.05) is 0 Å². The predicted molar refractivity (Wildman–Crippen MR) is 46.3 cm³/mol. The van der Waals surface area contributed by atoms with E-state index in [1.54, 1.807) is 0 Å². The molecular formula is C2H6Si2Te4. The molecule has 0 aliphatic carbocycles. The van der Waals surface area contributed by atoms with Crippen LogP contribution < -0.4 is 0 Å². The van der Waals surface area contributed by atoms with Crippen LogP contribution in [0.1, 0.15) is 0 Å². The van der Waals surface area contributed by atoms with Crippen LogP contribution in [0.15, 0.2) is 0 Å². The number of rotatable bonds is 1. The van der Waals surface area contributed by atoms with Gasteiger partial charge in [-0.2, -0.15) is 0 Å². The van der Waals surface area contributed by atoms with Crippen LogP contribution in [0.3, 0.4) is 0 Å². The summed E-state index contributed by atoms with van der Waals surface area (Å²) in [5, 5.41) is 0. The molecule has 0 aliphatic rings. The quantitative estimate of drug-likeness (QED) is 0.337. The van der Waals surface area contributed by atoms with Crippen molar-refractivity contribution in [1.82, 2.24) is 0 Å². The van der Waals surface area contributed by atoms with Crippen molar-refractivity contribution in [2.75, 3.05) is 0 Å². The second kappa shape index (κ2) is 4.01. The van der Waals surface area contributed by atoms with Crippen molar-refractivity contribution in [1.29, 1.82) is 0 Å². The Balaban J connectivity index is 4.02. The van der Waals surface area contributed by atoms with E-state index in [0.29, 0.717) is 0 Å². The van der Waals surface area contributed by atoms with Gasteiger partial charge in [0.05, 0.1) is 0 Å². The Morgan fingerprint density at radius 2 is 0.875 bits per heavy atom. The molecule has 0 aromatic heterocycles. The summed E-state index contributed by atoms with van der Waals surface area (Å²) in [5.74, 6) is 0. The Hall–Kier alpha value is 3.59. The average Bonchev–Trinajstić information content (AvgIpc) is 1.25. The van der Waals surface area contributed by atoms with Gasteiger partial charge in [0.15, 0.2) is 0 Å². The van der Waals surface area contributed by atoms with E-state index in [9.17, 15) is 0 Å². The second-order valence-corrected chi connectivity index (χ2v) is 68.1. The first kappa shape index (κ1) is 11.6. The molecule has 6 heteroatoms. The predicted octanol–water partition coefficient (Wildman–Crippen LogP) is -1.12. The summed E-state index contributed by atoms with van der Waals surface area (Å²) in [6.07, 6.45) is 0. The molecular weight excluding hydrogens is 591 g/mol. The molecule has 0 bridgehead atoms. The molecule has 0 nitrogen and oxygen atoms in total. The van der Waals surface area contributed by atoms with E-state index >= 15 is 0 Å². The summed E-state index contributed by atoms with van der Waals surface area (Å²) in [4.78, 5) is 0. The van der Waals surface area contributed by atoms with E-state index in [2.05, 4.69) is 99.1 Å². The summed E-state index contributed by atoms with van der Waals surface area (Å²) < 4.78 is -1.38. The van der Waals surface area contributed by atoms with Crippen molar-refractivity contribution in [2.45, 2.75) is 13.1 Å². The van der Waals surface area contributed by atoms with Crippen molar-refractivity contribution in [3.8, 4) is 0 Å². The molecule has 0 saturated heterocycles. The fourth-order valence-corrected chi connectivity index (χ4v) is 0. The van der Waals surface area contributed by atoms with Gasteiger partial charge in [-0.05, 0) is 0 Å². The normalized spacial score (nSPS) is 14.2. The Morgan fingerprint density at radius 1 is 0.750 bits per heavy atom. The van der Waals surface area contributed by atoms with Crippen molar-refractivity contribution in [3.05, 3.63) is 0 Å². The molecule has 0 amide bonds. The third-order valence-electron chi connectivity index (χ3n) is 0.825. The molecule has 0 aromatic rings.